The van der Waals surface area contributed by atoms with E-state index in [0.717, 1.165) is 25.2 Å². The molecule has 0 spiro atoms. The van der Waals surface area contributed by atoms with E-state index in [-0.39, 0.29) is 28.3 Å². The lowest BCUT2D eigenvalue weighted by Gasteiger charge is -2.29. The van der Waals surface area contributed by atoms with Crippen molar-refractivity contribution in [1.29, 1.82) is 0 Å². The van der Waals surface area contributed by atoms with Gasteiger partial charge in [-0.3, -0.25) is 4.79 Å². The standard InChI is InChI=1S/C14H17ClFNO3S/c1-9(8-21(2,19)20)17(11-4-5-11)14(18)12-6-3-10(16)7-13(12)15/h3,6-7,9,11H,4-5,8H2,1-2H3/t9-/m0/s1. The zero-order chi connectivity index (χ0) is 15.8. The van der Waals surface area contributed by atoms with Crippen LogP contribution in [0.25, 0.3) is 0 Å². The molecule has 21 heavy (non-hydrogen) atoms. The predicted octanol–water partition coefficient (Wildman–Crippen LogP) is 2.52. The molecule has 0 saturated heterocycles. The first-order valence-electron chi connectivity index (χ1n) is 6.64. The molecule has 1 saturated carbocycles. The molecule has 7 heteroatoms. The van der Waals surface area contributed by atoms with Crippen molar-refractivity contribution >= 4 is 27.3 Å². The van der Waals surface area contributed by atoms with Crippen molar-refractivity contribution in [3.05, 3.63) is 34.6 Å². The van der Waals surface area contributed by atoms with Gasteiger partial charge in [-0.05, 0) is 38.0 Å². The van der Waals surface area contributed by atoms with Gasteiger partial charge in [0.15, 0.2) is 0 Å². The third-order valence-corrected chi connectivity index (χ3v) is 4.76. The SMILES string of the molecule is C[C@@H](CS(C)(=O)=O)N(C(=O)c1ccc(F)cc1Cl)C1CC1. The molecule has 0 heterocycles. The van der Waals surface area contributed by atoms with Crippen molar-refractivity contribution in [2.75, 3.05) is 12.0 Å². The summed E-state index contributed by atoms with van der Waals surface area (Å²) in [6.07, 6.45) is 2.83. The van der Waals surface area contributed by atoms with Crippen molar-refractivity contribution in [2.24, 2.45) is 0 Å². The van der Waals surface area contributed by atoms with Crippen LogP contribution in [0.15, 0.2) is 18.2 Å². The molecule has 0 unspecified atom stereocenters. The minimum absolute atomic E-state index is 0.0374. The van der Waals surface area contributed by atoms with Gasteiger partial charge in [0.1, 0.15) is 15.7 Å². The number of carbonyl (C=O) groups is 1. The fraction of sp³-hybridized carbons (Fsp3) is 0.500. The molecule has 1 amide bonds. The van der Waals surface area contributed by atoms with Crippen LogP contribution in [0.2, 0.25) is 5.02 Å². The number of hydrogen-bond donors (Lipinski definition) is 0. The highest BCUT2D eigenvalue weighted by Crippen LogP contribution is 2.32. The first kappa shape index (κ1) is 16.2. The number of benzene rings is 1. The number of sulfone groups is 1. The molecular formula is C14H17ClFNO3S. The van der Waals surface area contributed by atoms with Gasteiger partial charge in [0.05, 0.1) is 16.3 Å². The Morgan fingerprint density at radius 1 is 1.48 bits per heavy atom. The Balaban J connectivity index is 2.27. The molecule has 1 fully saturated rings. The number of hydrogen-bond acceptors (Lipinski definition) is 3. The summed E-state index contributed by atoms with van der Waals surface area (Å²) in [7, 11) is -3.19. The predicted molar refractivity (Wildman–Crippen MR) is 79.8 cm³/mol. The molecule has 0 radical (unpaired) electrons. The molecule has 1 atom stereocenters. The lowest BCUT2D eigenvalue weighted by atomic mass is 10.1. The monoisotopic (exact) mass is 333 g/mol. The average Bonchev–Trinajstić information content (AvgIpc) is 3.10. The highest BCUT2D eigenvalue weighted by molar-refractivity contribution is 7.90. The Labute approximate surface area is 128 Å². The first-order chi connectivity index (χ1) is 9.69. The van der Waals surface area contributed by atoms with Gasteiger partial charge in [-0.15, -0.1) is 0 Å². The van der Waals surface area contributed by atoms with Crippen LogP contribution in [0.1, 0.15) is 30.1 Å². The maximum absolute atomic E-state index is 13.1. The van der Waals surface area contributed by atoms with E-state index in [1.807, 2.05) is 0 Å². The number of carbonyl (C=O) groups excluding carboxylic acids is 1. The van der Waals surface area contributed by atoms with E-state index in [4.69, 9.17) is 11.6 Å². The molecule has 2 rings (SSSR count). The maximum atomic E-state index is 13.1. The van der Waals surface area contributed by atoms with E-state index in [9.17, 15) is 17.6 Å². The Kier molecular flexibility index (Phi) is 4.58. The largest absolute Gasteiger partial charge is 0.332 e. The van der Waals surface area contributed by atoms with E-state index in [0.29, 0.717) is 0 Å². The number of nitrogens with zero attached hydrogens (tertiary/aromatic N) is 1. The molecule has 0 bridgehead atoms. The topological polar surface area (TPSA) is 54.5 Å². The summed E-state index contributed by atoms with van der Waals surface area (Å²) in [5.74, 6) is -0.967. The fourth-order valence-electron chi connectivity index (χ4n) is 2.40. The maximum Gasteiger partial charge on any atom is 0.255 e. The summed E-state index contributed by atoms with van der Waals surface area (Å²) >= 11 is 5.93. The van der Waals surface area contributed by atoms with E-state index >= 15 is 0 Å². The van der Waals surface area contributed by atoms with Crippen LogP contribution in [0, 0.1) is 5.82 Å². The Morgan fingerprint density at radius 2 is 2.10 bits per heavy atom. The van der Waals surface area contributed by atoms with Crippen LogP contribution in [0.3, 0.4) is 0 Å². The summed E-state index contributed by atoms with van der Waals surface area (Å²) in [5, 5.41) is 0.0391. The van der Waals surface area contributed by atoms with Gasteiger partial charge >= 0.3 is 0 Å². The summed E-state index contributed by atoms with van der Waals surface area (Å²) in [6, 6.07) is 3.19. The van der Waals surface area contributed by atoms with E-state index in [1.54, 1.807) is 11.8 Å². The fourth-order valence-corrected chi connectivity index (χ4v) is 3.68. The zero-order valence-electron chi connectivity index (χ0n) is 11.8. The molecule has 1 aromatic carbocycles. The van der Waals surface area contributed by atoms with Crippen LogP contribution >= 0.6 is 11.6 Å². The van der Waals surface area contributed by atoms with E-state index < -0.39 is 21.7 Å². The normalized spacial score (nSPS) is 16.6. The van der Waals surface area contributed by atoms with Crippen molar-refractivity contribution in [2.45, 2.75) is 31.8 Å². The van der Waals surface area contributed by atoms with Crippen molar-refractivity contribution in [1.82, 2.24) is 4.90 Å². The second-order valence-electron chi connectivity index (χ2n) is 5.51. The van der Waals surface area contributed by atoms with Crippen LogP contribution in [0.5, 0.6) is 0 Å². The molecule has 116 valence electrons. The van der Waals surface area contributed by atoms with Gasteiger partial charge in [0.2, 0.25) is 0 Å². The van der Waals surface area contributed by atoms with Crippen LogP contribution in [-0.2, 0) is 9.84 Å². The van der Waals surface area contributed by atoms with Crippen LogP contribution in [0.4, 0.5) is 4.39 Å². The highest BCUT2D eigenvalue weighted by atomic mass is 35.5. The van der Waals surface area contributed by atoms with Crippen LogP contribution in [-0.4, -0.2) is 43.3 Å². The van der Waals surface area contributed by atoms with Gasteiger partial charge in [0.25, 0.3) is 5.91 Å². The third kappa shape index (κ3) is 4.17. The summed E-state index contributed by atoms with van der Waals surface area (Å²) < 4.78 is 36.0. The molecule has 4 nitrogen and oxygen atoms in total. The second-order valence-corrected chi connectivity index (χ2v) is 8.10. The van der Waals surface area contributed by atoms with Crippen molar-refractivity contribution in [3.8, 4) is 0 Å². The van der Waals surface area contributed by atoms with Gasteiger partial charge in [-0.2, -0.15) is 0 Å². The molecule has 0 aliphatic heterocycles. The lowest BCUT2D eigenvalue weighted by molar-refractivity contribution is 0.0693. The molecular weight excluding hydrogens is 317 g/mol. The summed E-state index contributed by atoms with van der Waals surface area (Å²) in [4.78, 5) is 14.2. The zero-order valence-corrected chi connectivity index (χ0v) is 13.4. The summed E-state index contributed by atoms with van der Waals surface area (Å²) in [5.41, 5.74) is 0.199. The second kappa shape index (κ2) is 5.93. The Hall–Kier alpha value is -1.14. The lowest BCUT2D eigenvalue weighted by Crippen LogP contribution is -2.43. The number of amides is 1. The van der Waals surface area contributed by atoms with Gasteiger partial charge in [-0.1, -0.05) is 11.6 Å². The van der Waals surface area contributed by atoms with E-state index in [2.05, 4.69) is 0 Å². The first-order valence-corrected chi connectivity index (χ1v) is 9.08. The molecule has 0 N–H and O–H groups in total. The number of halogens is 2. The van der Waals surface area contributed by atoms with Gasteiger partial charge in [0, 0.05) is 18.3 Å². The van der Waals surface area contributed by atoms with Crippen molar-refractivity contribution in [3.63, 3.8) is 0 Å². The quantitative estimate of drug-likeness (QED) is 0.832. The smallest absolute Gasteiger partial charge is 0.255 e. The Morgan fingerprint density at radius 3 is 2.57 bits per heavy atom. The van der Waals surface area contributed by atoms with Gasteiger partial charge < -0.3 is 4.90 Å². The van der Waals surface area contributed by atoms with Crippen LogP contribution < -0.4 is 0 Å². The molecule has 1 aromatic rings. The van der Waals surface area contributed by atoms with E-state index in [1.165, 1.54) is 12.1 Å². The molecule has 1 aliphatic carbocycles. The highest BCUT2D eigenvalue weighted by Gasteiger charge is 2.37. The van der Waals surface area contributed by atoms with Gasteiger partial charge in [-0.25, -0.2) is 12.8 Å². The minimum atomic E-state index is -3.19. The third-order valence-electron chi connectivity index (χ3n) is 3.36. The average molecular weight is 334 g/mol. The Bertz CT molecular complexity index is 658. The minimum Gasteiger partial charge on any atom is -0.332 e. The molecule has 0 aromatic heterocycles. The number of rotatable bonds is 5. The van der Waals surface area contributed by atoms with Crippen molar-refractivity contribution < 1.29 is 17.6 Å². The molecule has 1 aliphatic rings. The summed E-state index contributed by atoms with van der Waals surface area (Å²) in [6.45, 7) is 1.70.